The van der Waals surface area contributed by atoms with Crippen LogP contribution in [0.15, 0.2) is 52.5 Å². The smallest absolute Gasteiger partial charge is 0.301 e. The molecule has 6 rings (SSSR count). The first-order valence-electron chi connectivity index (χ1n) is 12.3. The zero-order chi connectivity index (χ0) is 28.3. The first-order valence-corrected chi connectivity index (χ1v) is 13.9. The molecule has 11 heteroatoms. The second-order valence-electron chi connectivity index (χ2n) is 9.51. The summed E-state index contributed by atoms with van der Waals surface area (Å²) in [5, 5.41) is 22.3. The third kappa shape index (κ3) is 4.16. The first-order chi connectivity index (χ1) is 19.2. The number of rotatable bonds is 4. The highest BCUT2D eigenvalue weighted by Crippen LogP contribution is 2.48. The highest BCUT2D eigenvalue weighted by Gasteiger charge is 2.48. The normalized spacial score (nSPS) is 18.0. The highest BCUT2D eigenvalue weighted by atomic mass is 79.9. The summed E-state index contributed by atoms with van der Waals surface area (Å²) >= 11 is 4.62. The summed E-state index contributed by atoms with van der Waals surface area (Å²) < 4.78 is 17.8. The van der Waals surface area contributed by atoms with Gasteiger partial charge in [-0.2, -0.15) is 0 Å². The van der Waals surface area contributed by atoms with Crippen molar-refractivity contribution in [2.75, 3.05) is 25.2 Å². The summed E-state index contributed by atoms with van der Waals surface area (Å²) in [7, 11) is 1.40. The Balaban J connectivity index is 1.59. The molecule has 2 aliphatic rings. The van der Waals surface area contributed by atoms with Gasteiger partial charge in [0.25, 0.3) is 5.78 Å². The topological polar surface area (TPSA) is 118 Å². The number of carbonyl (C=O) groups excluding carboxylic acids is 2. The van der Waals surface area contributed by atoms with Crippen LogP contribution in [0.5, 0.6) is 23.0 Å². The Hall–Kier alpha value is -4.09. The Labute approximate surface area is 241 Å². The van der Waals surface area contributed by atoms with E-state index in [1.807, 2.05) is 26.0 Å². The van der Waals surface area contributed by atoms with Gasteiger partial charge in [-0.15, -0.1) is 0 Å². The molecular formula is C29H23BrN2O7S. The predicted octanol–water partition coefficient (Wildman–Crippen LogP) is 5.79. The number of thiazole rings is 1. The maximum absolute atomic E-state index is 13.7. The molecular weight excluding hydrogens is 600 g/mol. The SMILES string of the molecule is COc1cc(C2C(=C(O)c3ccc4c(c3)OCCO4)C(=O)C(=O)N2c2nc3c(C)cc(C)cc3s2)cc(Br)c1O. The fourth-order valence-electron chi connectivity index (χ4n) is 5.06. The average Bonchev–Trinajstić information content (AvgIpc) is 3.47. The van der Waals surface area contributed by atoms with E-state index in [1.54, 1.807) is 24.3 Å². The molecule has 1 fully saturated rings. The van der Waals surface area contributed by atoms with Gasteiger partial charge in [-0.1, -0.05) is 17.4 Å². The molecule has 0 spiro atoms. The zero-order valence-electron chi connectivity index (χ0n) is 21.6. The van der Waals surface area contributed by atoms with Gasteiger partial charge in [-0.3, -0.25) is 14.5 Å². The quantitative estimate of drug-likeness (QED) is 0.167. The van der Waals surface area contributed by atoms with Crippen LogP contribution >= 0.6 is 27.3 Å². The van der Waals surface area contributed by atoms with Crippen molar-refractivity contribution in [2.45, 2.75) is 19.9 Å². The number of fused-ring (bicyclic) bond motifs is 2. The van der Waals surface area contributed by atoms with Crippen LogP contribution in [-0.2, 0) is 9.59 Å². The lowest BCUT2D eigenvalue weighted by molar-refractivity contribution is -0.132. The van der Waals surface area contributed by atoms with Crippen LogP contribution in [0.3, 0.4) is 0 Å². The number of aryl methyl sites for hydroxylation is 2. The van der Waals surface area contributed by atoms with Crippen molar-refractivity contribution >= 4 is 60.1 Å². The lowest BCUT2D eigenvalue weighted by Gasteiger charge is -2.24. The van der Waals surface area contributed by atoms with Gasteiger partial charge in [0.1, 0.15) is 19.0 Å². The zero-order valence-corrected chi connectivity index (χ0v) is 24.1. The number of hydrogen-bond acceptors (Lipinski definition) is 9. The van der Waals surface area contributed by atoms with E-state index in [0.29, 0.717) is 39.9 Å². The number of methoxy groups -OCH3 is 1. The lowest BCUT2D eigenvalue weighted by atomic mass is 9.95. The van der Waals surface area contributed by atoms with Crippen LogP contribution < -0.4 is 19.1 Å². The van der Waals surface area contributed by atoms with Crippen molar-refractivity contribution in [1.82, 2.24) is 4.98 Å². The summed E-state index contributed by atoms with van der Waals surface area (Å²) in [5.74, 6) is -1.14. The second kappa shape index (κ2) is 9.83. The standard InChI is InChI=1S/C29H23BrN2O7S/c1-13-8-14(2)23-21(9-13)40-29(31-23)32-24(16-10-17(30)26(34)20(12-16)37-3)22(27(35)28(32)36)25(33)15-4-5-18-19(11-15)39-7-6-38-18/h4-5,8-12,24,33-34H,6-7H2,1-3H3. The van der Waals surface area contributed by atoms with Crippen LogP contribution in [-0.4, -0.2) is 47.2 Å². The van der Waals surface area contributed by atoms with Crippen LogP contribution in [0.2, 0.25) is 0 Å². The predicted molar refractivity (Wildman–Crippen MR) is 154 cm³/mol. The van der Waals surface area contributed by atoms with E-state index in [4.69, 9.17) is 19.2 Å². The van der Waals surface area contributed by atoms with Crippen molar-refractivity contribution in [3.8, 4) is 23.0 Å². The van der Waals surface area contributed by atoms with Crippen LogP contribution in [0, 0.1) is 13.8 Å². The van der Waals surface area contributed by atoms with Crippen molar-refractivity contribution < 1.29 is 34.0 Å². The van der Waals surface area contributed by atoms with Gasteiger partial charge in [-0.25, -0.2) is 4.98 Å². The van der Waals surface area contributed by atoms with Crippen molar-refractivity contribution in [3.05, 3.63) is 74.8 Å². The number of ether oxygens (including phenoxy) is 3. The van der Waals surface area contributed by atoms with Crippen LogP contribution in [0.4, 0.5) is 5.13 Å². The lowest BCUT2D eigenvalue weighted by Crippen LogP contribution is -2.29. The van der Waals surface area contributed by atoms with E-state index in [1.165, 1.54) is 29.4 Å². The number of carbonyl (C=O) groups is 2. The summed E-state index contributed by atoms with van der Waals surface area (Å²) in [6.07, 6.45) is 0. The van der Waals surface area contributed by atoms with Gasteiger partial charge in [0.05, 0.1) is 33.4 Å². The molecule has 1 atom stereocenters. The number of hydrogen-bond donors (Lipinski definition) is 2. The largest absolute Gasteiger partial charge is 0.507 e. The Bertz CT molecular complexity index is 1760. The summed E-state index contributed by atoms with van der Waals surface area (Å²) in [5.41, 5.74) is 3.29. The van der Waals surface area contributed by atoms with Gasteiger partial charge < -0.3 is 24.4 Å². The van der Waals surface area contributed by atoms with Crippen LogP contribution in [0.25, 0.3) is 16.0 Å². The number of aromatic hydroxyl groups is 1. The Morgan fingerprint density at radius 2 is 1.85 bits per heavy atom. The van der Waals surface area contributed by atoms with E-state index in [0.717, 1.165) is 21.3 Å². The number of phenolic OH excluding ortho intramolecular Hbond substituents is 1. The molecule has 204 valence electrons. The summed E-state index contributed by atoms with van der Waals surface area (Å²) in [6, 6.07) is 10.8. The van der Waals surface area contributed by atoms with Crippen molar-refractivity contribution in [1.29, 1.82) is 0 Å². The number of aliphatic hydroxyl groups excluding tert-OH is 1. The number of aromatic nitrogens is 1. The molecule has 1 saturated heterocycles. The number of nitrogens with zero attached hydrogens (tertiary/aromatic N) is 2. The molecule has 4 aromatic rings. The number of ketones is 1. The number of amides is 1. The molecule has 2 N–H and O–H groups in total. The summed E-state index contributed by atoms with van der Waals surface area (Å²) in [6.45, 7) is 4.67. The maximum Gasteiger partial charge on any atom is 0.301 e. The maximum atomic E-state index is 13.7. The molecule has 0 bridgehead atoms. The van der Waals surface area contributed by atoms with Gasteiger partial charge in [0, 0.05) is 5.56 Å². The van der Waals surface area contributed by atoms with E-state index in [9.17, 15) is 19.8 Å². The average molecular weight is 623 g/mol. The van der Waals surface area contributed by atoms with E-state index >= 15 is 0 Å². The van der Waals surface area contributed by atoms with E-state index in [2.05, 4.69) is 15.9 Å². The van der Waals surface area contributed by atoms with Gasteiger partial charge >= 0.3 is 5.91 Å². The highest BCUT2D eigenvalue weighted by molar-refractivity contribution is 9.10. The molecule has 40 heavy (non-hydrogen) atoms. The number of aliphatic hydroxyl groups is 1. The molecule has 3 heterocycles. The Morgan fingerprint density at radius 3 is 2.60 bits per heavy atom. The third-order valence-corrected chi connectivity index (χ3v) is 8.48. The minimum absolute atomic E-state index is 0.130. The molecule has 2 aliphatic heterocycles. The number of benzene rings is 3. The molecule has 1 unspecified atom stereocenters. The molecule has 1 aromatic heterocycles. The fraction of sp³-hybridized carbons (Fsp3) is 0.207. The molecule has 3 aromatic carbocycles. The van der Waals surface area contributed by atoms with Crippen LogP contribution in [0.1, 0.15) is 28.3 Å². The third-order valence-electron chi connectivity index (χ3n) is 6.87. The minimum Gasteiger partial charge on any atom is -0.507 e. The van der Waals surface area contributed by atoms with Crippen molar-refractivity contribution in [3.63, 3.8) is 0 Å². The number of phenols is 1. The Kier molecular flexibility index (Phi) is 6.42. The van der Waals surface area contributed by atoms with Gasteiger partial charge in [0.2, 0.25) is 0 Å². The summed E-state index contributed by atoms with van der Waals surface area (Å²) in [4.78, 5) is 33.3. The second-order valence-corrected chi connectivity index (χ2v) is 11.4. The molecule has 0 aliphatic carbocycles. The van der Waals surface area contributed by atoms with Crippen molar-refractivity contribution in [2.24, 2.45) is 0 Å². The monoisotopic (exact) mass is 622 g/mol. The van der Waals surface area contributed by atoms with Gasteiger partial charge in [0.15, 0.2) is 28.1 Å². The molecule has 0 saturated carbocycles. The van der Waals surface area contributed by atoms with E-state index in [-0.39, 0.29) is 28.4 Å². The first kappa shape index (κ1) is 26.1. The number of Topliss-reactive ketones (excluding diaryl/α,β-unsaturated/α-hetero) is 1. The van der Waals surface area contributed by atoms with E-state index < -0.39 is 17.7 Å². The fourth-order valence-corrected chi connectivity index (χ4v) is 6.69. The molecule has 1 amide bonds. The van der Waals surface area contributed by atoms with Gasteiger partial charge in [-0.05, 0) is 82.9 Å². The molecule has 9 nitrogen and oxygen atoms in total. The Morgan fingerprint density at radius 1 is 1.10 bits per heavy atom. The molecule has 0 radical (unpaired) electrons. The minimum atomic E-state index is -1.07. The number of anilines is 1. The number of halogens is 1.